The molecule has 2 amide bonds. The van der Waals surface area contributed by atoms with Gasteiger partial charge in [0.15, 0.2) is 16.6 Å². The number of fused-ring (bicyclic) bond motifs is 3. The Morgan fingerprint density at radius 3 is 2.51 bits per heavy atom. The number of methoxy groups -OCH3 is 3. The lowest BCUT2D eigenvalue weighted by molar-refractivity contribution is -0.142. The maximum absolute atomic E-state index is 13.4. The molecule has 1 aliphatic carbocycles. The molecule has 0 bridgehead atoms. The van der Waals surface area contributed by atoms with Crippen LogP contribution in [0, 0.1) is 0 Å². The van der Waals surface area contributed by atoms with Crippen LogP contribution in [0.1, 0.15) is 43.1 Å². The number of carbonyl (C=O) groups excluding carboxylic acids is 3. The van der Waals surface area contributed by atoms with Crippen molar-refractivity contribution in [3.63, 3.8) is 0 Å². The summed E-state index contributed by atoms with van der Waals surface area (Å²) in [7, 11) is 4.59. The van der Waals surface area contributed by atoms with Crippen LogP contribution >= 0.6 is 11.3 Å². The van der Waals surface area contributed by atoms with Crippen LogP contribution in [0.15, 0.2) is 34.4 Å². The highest BCUT2D eigenvalue weighted by atomic mass is 32.1. The lowest BCUT2D eigenvalue weighted by Gasteiger charge is -2.19. The average molecular weight is 611 g/mol. The van der Waals surface area contributed by atoms with Gasteiger partial charge in [-0.2, -0.15) is 0 Å². The molecule has 0 aliphatic heterocycles. The van der Waals surface area contributed by atoms with Crippen LogP contribution in [-0.2, 0) is 32.0 Å². The third-order valence-corrected chi connectivity index (χ3v) is 7.59. The fourth-order valence-corrected chi connectivity index (χ4v) is 5.72. The Hall–Kier alpha value is -4.65. The first-order valence-corrected chi connectivity index (χ1v) is 14.5. The van der Waals surface area contributed by atoms with Gasteiger partial charge in [0.05, 0.1) is 58.3 Å². The van der Waals surface area contributed by atoms with E-state index in [-0.39, 0.29) is 36.6 Å². The molecule has 3 N–H and O–H groups in total. The predicted molar refractivity (Wildman–Crippen MR) is 162 cm³/mol. The van der Waals surface area contributed by atoms with Gasteiger partial charge in [0, 0.05) is 17.9 Å². The number of nitrogens with one attached hydrogen (secondary N) is 3. The van der Waals surface area contributed by atoms with E-state index in [0.29, 0.717) is 52.0 Å². The lowest BCUT2D eigenvalue weighted by Crippen LogP contribution is -2.27. The molecule has 0 unspecified atom stereocenters. The first-order valence-electron chi connectivity index (χ1n) is 13.6. The zero-order valence-electron chi connectivity index (χ0n) is 24.6. The van der Waals surface area contributed by atoms with E-state index in [2.05, 4.69) is 20.9 Å². The number of aromatic nitrogens is 1. The molecule has 13 heteroatoms. The summed E-state index contributed by atoms with van der Waals surface area (Å²) >= 11 is 1.18. The normalized spacial score (nSPS) is 13.5. The maximum Gasteiger partial charge on any atom is 0.311 e. The summed E-state index contributed by atoms with van der Waals surface area (Å²) < 4.78 is 21.9. The SMILES string of the molecule is CCOC(=O)Cc1csc(NC(=O)CNc2ccc3c(cc2=O)[C@H](NC(C)=O)CCc2cc(OC)c(OC)c(OC)c2-3)n1. The molecule has 4 rings (SSSR count). The first-order chi connectivity index (χ1) is 20.7. The molecule has 0 fully saturated rings. The monoisotopic (exact) mass is 610 g/mol. The Morgan fingerprint density at radius 2 is 1.84 bits per heavy atom. The third kappa shape index (κ3) is 7.23. The second kappa shape index (κ2) is 14.0. The predicted octanol–water partition coefficient (Wildman–Crippen LogP) is 3.48. The summed E-state index contributed by atoms with van der Waals surface area (Å²) in [4.78, 5) is 54.2. The number of hydrogen-bond acceptors (Lipinski definition) is 11. The second-order valence-electron chi connectivity index (χ2n) is 9.62. The van der Waals surface area contributed by atoms with Gasteiger partial charge in [-0.05, 0) is 54.7 Å². The first kappa shape index (κ1) is 31.3. The Bertz CT molecular complexity index is 1590. The summed E-state index contributed by atoms with van der Waals surface area (Å²) in [6.07, 6.45) is 1.11. The molecule has 0 saturated heterocycles. The van der Waals surface area contributed by atoms with Gasteiger partial charge >= 0.3 is 5.97 Å². The largest absolute Gasteiger partial charge is 0.493 e. The zero-order chi connectivity index (χ0) is 31.1. The molecule has 228 valence electrons. The number of rotatable bonds is 11. The van der Waals surface area contributed by atoms with E-state index in [1.54, 1.807) is 31.5 Å². The van der Waals surface area contributed by atoms with E-state index >= 15 is 0 Å². The standard InChI is InChI=1S/C30H34N4O8S/c1-6-42-26(38)12-18-15-43-30(33-18)34-25(37)14-31-22-10-8-19-20(13-23(22)36)21(32-16(2)35)9-7-17-11-24(39-3)28(40-4)29(41-5)27(17)19/h8,10-11,13,15,21H,6-7,9,12,14H2,1-5H3,(H,31,36)(H,32,35)(H,33,34,37)/t21-/m1/s1. The molecule has 1 atom stereocenters. The second-order valence-corrected chi connectivity index (χ2v) is 10.5. The highest BCUT2D eigenvalue weighted by Crippen LogP contribution is 2.50. The summed E-state index contributed by atoms with van der Waals surface area (Å²) in [5, 5.41) is 10.5. The van der Waals surface area contributed by atoms with E-state index in [4.69, 9.17) is 18.9 Å². The number of aryl methyl sites for hydroxylation is 1. The molecular weight excluding hydrogens is 576 g/mol. The van der Waals surface area contributed by atoms with Crippen molar-refractivity contribution in [2.45, 2.75) is 39.2 Å². The van der Waals surface area contributed by atoms with Crippen molar-refractivity contribution < 1.29 is 33.3 Å². The number of benzene rings is 1. The van der Waals surface area contributed by atoms with Crippen LogP contribution in [0.4, 0.5) is 10.8 Å². The number of carbonyl (C=O) groups is 3. The number of ether oxygens (including phenoxy) is 4. The number of hydrogen-bond donors (Lipinski definition) is 3. The molecule has 3 aromatic rings. The van der Waals surface area contributed by atoms with Crippen molar-refractivity contribution in [2.75, 3.05) is 45.1 Å². The van der Waals surface area contributed by atoms with Crippen molar-refractivity contribution in [3.05, 3.63) is 56.7 Å². The topological polar surface area (TPSA) is 154 Å². The fraction of sp³-hybridized carbons (Fsp3) is 0.367. The lowest BCUT2D eigenvalue weighted by atomic mass is 9.95. The molecule has 1 aliphatic rings. The van der Waals surface area contributed by atoms with E-state index in [0.717, 1.165) is 11.1 Å². The van der Waals surface area contributed by atoms with E-state index in [1.807, 2.05) is 6.07 Å². The van der Waals surface area contributed by atoms with Gasteiger partial charge in [-0.25, -0.2) is 4.98 Å². The van der Waals surface area contributed by atoms with Crippen LogP contribution in [0.2, 0.25) is 0 Å². The van der Waals surface area contributed by atoms with Crippen molar-refractivity contribution >= 4 is 39.9 Å². The number of nitrogens with zero attached hydrogens (tertiary/aromatic N) is 1. The maximum atomic E-state index is 13.4. The van der Waals surface area contributed by atoms with Gasteiger partial charge in [-0.15, -0.1) is 11.3 Å². The molecular formula is C30H34N4O8S. The smallest absolute Gasteiger partial charge is 0.311 e. The van der Waals surface area contributed by atoms with Crippen molar-refractivity contribution in [1.82, 2.24) is 10.3 Å². The minimum atomic E-state index is -0.452. The van der Waals surface area contributed by atoms with Gasteiger partial charge in [0.25, 0.3) is 0 Å². The highest BCUT2D eigenvalue weighted by Gasteiger charge is 2.29. The third-order valence-electron chi connectivity index (χ3n) is 6.78. The summed E-state index contributed by atoms with van der Waals surface area (Å²) in [6.45, 7) is 3.22. The number of amides is 2. The van der Waals surface area contributed by atoms with E-state index < -0.39 is 17.9 Å². The van der Waals surface area contributed by atoms with Gasteiger partial charge in [-0.3, -0.25) is 19.2 Å². The van der Waals surface area contributed by atoms with Crippen LogP contribution in [0.3, 0.4) is 0 Å². The minimum Gasteiger partial charge on any atom is -0.493 e. The van der Waals surface area contributed by atoms with Crippen molar-refractivity contribution in [1.29, 1.82) is 0 Å². The molecule has 2 aromatic carbocycles. The Balaban J connectivity index is 1.65. The van der Waals surface area contributed by atoms with Gasteiger partial charge in [-0.1, -0.05) is 6.07 Å². The average Bonchev–Trinajstić information content (AvgIpc) is 3.26. The Labute approximate surface area is 252 Å². The molecule has 43 heavy (non-hydrogen) atoms. The zero-order valence-corrected chi connectivity index (χ0v) is 25.4. The summed E-state index contributed by atoms with van der Waals surface area (Å²) in [6, 6.07) is 6.27. The van der Waals surface area contributed by atoms with Crippen LogP contribution in [0.25, 0.3) is 11.1 Å². The Kier molecular flexibility index (Phi) is 10.2. The number of anilines is 2. The molecule has 0 saturated carbocycles. The highest BCUT2D eigenvalue weighted by molar-refractivity contribution is 7.13. The molecule has 0 radical (unpaired) electrons. The number of thiazole rings is 1. The van der Waals surface area contributed by atoms with Gasteiger partial charge in [0.2, 0.25) is 23.0 Å². The minimum absolute atomic E-state index is 0.00916. The summed E-state index contributed by atoms with van der Waals surface area (Å²) in [5.74, 6) is 0.299. The van der Waals surface area contributed by atoms with Crippen molar-refractivity contribution in [2.24, 2.45) is 0 Å². The summed E-state index contributed by atoms with van der Waals surface area (Å²) in [5.41, 5.74) is 3.23. The van der Waals surface area contributed by atoms with E-state index in [9.17, 15) is 19.2 Å². The van der Waals surface area contributed by atoms with Crippen LogP contribution in [-0.4, -0.2) is 57.2 Å². The van der Waals surface area contributed by atoms with Gasteiger partial charge < -0.3 is 34.9 Å². The molecule has 1 heterocycles. The van der Waals surface area contributed by atoms with E-state index in [1.165, 1.54) is 38.5 Å². The quantitative estimate of drug-likeness (QED) is 0.275. The van der Waals surface area contributed by atoms with Gasteiger partial charge in [0.1, 0.15) is 0 Å². The fourth-order valence-electron chi connectivity index (χ4n) is 5.00. The molecule has 1 aromatic heterocycles. The number of esters is 1. The Morgan fingerprint density at radius 1 is 1.07 bits per heavy atom. The van der Waals surface area contributed by atoms with Crippen LogP contribution < -0.4 is 35.6 Å². The molecule has 12 nitrogen and oxygen atoms in total. The molecule has 0 spiro atoms. The van der Waals surface area contributed by atoms with Crippen LogP contribution in [0.5, 0.6) is 17.2 Å². The van der Waals surface area contributed by atoms with Crippen molar-refractivity contribution in [3.8, 4) is 28.4 Å².